The highest BCUT2D eigenvalue weighted by Crippen LogP contribution is 2.68. The number of carbonyl (C=O) groups is 2. The molecular formula is C30H42N2O5S. The zero-order valence-corrected chi connectivity index (χ0v) is 24.1. The molecule has 0 saturated heterocycles. The second kappa shape index (κ2) is 11.1. The van der Waals surface area contributed by atoms with Gasteiger partial charge in [0.2, 0.25) is 0 Å². The number of oxime groups is 1. The third-order valence-corrected chi connectivity index (χ3v) is 11.0. The lowest BCUT2D eigenvalue weighted by Crippen LogP contribution is -2.63. The predicted octanol–water partition coefficient (Wildman–Crippen LogP) is 5.45. The molecule has 8 atom stereocenters. The molecule has 8 heteroatoms. The predicted molar refractivity (Wildman–Crippen MR) is 149 cm³/mol. The van der Waals surface area contributed by atoms with Crippen LogP contribution >= 0.6 is 11.8 Å². The van der Waals surface area contributed by atoms with Gasteiger partial charge < -0.3 is 14.7 Å². The number of thioether (sulfide) groups is 1. The average Bonchev–Trinajstić information content (AvgIpc) is 3.26. The maximum absolute atomic E-state index is 13.5. The summed E-state index contributed by atoms with van der Waals surface area (Å²) < 4.78 is 6.31. The fourth-order valence-electron chi connectivity index (χ4n) is 7.59. The van der Waals surface area contributed by atoms with E-state index in [2.05, 4.69) is 37.5 Å². The van der Waals surface area contributed by atoms with Crippen LogP contribution in [0.4, 0.5) is 0 Å². The van der Waals surface area contributed by atoms with Gasteiger partial charge in [-0.2, -0.15) is 0 Å². The number of Topliss-reactive ketones (excluding diaryl/α,β-unsaturated/α-hetero) is 1. The minimum Gasteiger partial charge on any atom is -0.461 e. The van der Waals surface area contributed by atoms with Crippen molar-refractivity contribution in [3.8, 4) is 0 Å². The third kappa shape index (κ3) is 4.94. The molecule has 0 unspecified atom stereocenters. The summed E-state index contributed by atoms with van der Waals surface area (Å²) in [5.74, 6) is -0.0384. The molecule has 0 aromatic carbocycles. The van der Waals surface area contributed by atoms with Crippen LogP contribution in [0.3, 0.4) is 0 Å². The zero-order chi connectivity index (χ0) is 27.7. The van der Waals surface area contributed by atoms with Crippen molar-refractivity contribution in [3.63, 3.8) is 0 Å². The van der Waals surface area contributed by atoms with E-state index < -0.39 is 23.0 Å². The van der Waals surface area contributed by atoms with Gasteiger partial charge in [0.05, 0.1) is 18.1 Å². The summed E-state index contributed by atoms with van der Waals surface area (Å²) in [4.78, 5) is 36.9. The Labute approximate surface area is 230 Å². The molecular weight excluding hydrogens is 500 g/mol. The molecule has 4 rings (SSSR count). The Bertz CT molecular complexity index is 1090. The summed E-state index contributed by atoms with van der Waals surface area (Å²) in [6, 6.07) is 1.89. The van der Waals surface area contributed by atoms with Crippen LogP contribution < -0.4 is 0 Å². The maximum Gasteiger partial charge on any atom is 0.316 e. The number of aliphatic hydroxyl groups excluding tert-OH is 1. The van der Waals surface area contributed by atoms with Gasteiger partial charge >= 0.3 is 5.97 Å². The van der Waals surface area contributed by atoms with Crippen LogP contribution in [0.2, 0.25) is 0 Å². The molecule has 0 aliphatic heterocycles. The Morgan fingerprint density at radius 1 is 1.32 bits per heavy atom. The van der Waals surface area contributed by atoms with Gasteiger partial charge in [-0.1, -0.05) is 38.9 Å². The molecule has 3 saturated carbocycles. The van der Waals surface area contributed by atoms with Crippen molar-refractivity contribution >= 4 is 29.7 Å². The van der Waals surface area contributed by atoms with E-state index in [1.165, 1.54) is 11.8 Å². The Balaban J connectivity index is 1.60. The van der Waals surface area contributed by atoms with Crippen molar-refractivity contribution in [2.75, 3.05) is 12.4 Å². The second-order valence-electron chi connectivity index (χ2n) is 12.0. The molecule has 0 radical (unpaired) electrons. The first-order valence-electron chi connectivity index (χ1n) is 13.8. The standard InChI is InChI=1S/C30H42N2O5S/c1-7-28(5)14-24(37-25(34)18-38-22-13-21(15-31-17-22)16-32-36-8-2)29(6)19(3)9-11-30(20(4)27(28)35)12-10-23(33)26(29)30/h7,13,15-17,19-20,24,26-27,35H,1,8-12,14,18H2,2-6H3/b32-16+/t19-,20+,24-,26+,27+,28-,29+,30+/m1/s1. The number of esters is 1. The topological polar surface area (TPSA) is 98.1 Å². The number of aromatic nitrogens is 1. The molecule has 1 aromatic heterocycles. The quantitative estimate of drug-likeness (QED) is 0.153. The first-order valence-corrected chi connectivity index (χ1v) is 14.8. The van der Waals surface area contributed by atoms with Crippen LogP contribution in [0.15, 0.2) is 41.2 Å². The van der Waals surface area contributed by atoms with Gasteiger partial charge in [-0.25, -0.2) is 0 Å². The lowest BCUT2D eigenvalue weighted by molar-refractivity contribution is -0.205. The van der Waals surface area contributed by atoms with E-state index in [9.17, 15) is 14.7 Å². The van der Waals surface area contributed by atoms with E-state index in [1.54, 1.807) is 18.6 Å². The van der Waals surface area contributed by atoms with Crippen LogP contribution in [0, 0.1) is 34.0 Å². The summed E-state index contributed by atoms with van der Waals surface area (Å²) in [6.45, 7) is 14.9. The molecule has 1 aromatic rings. The molecule has 3 aliphatic rings. The lowest BCUT2D eigenvalue weighted by atomic mass is 9.44. The molecule has 3 fully saturated rings. The number of carbonyl (C=O) groups excluding carboxylic acids is 2. The van der Waals surface area contributed by atoms with E-state index in [1.807, 2.05) is 26.0 Å². The van der Waals surface area contributed by atoms with Gasteiger partial charge in [0, 0.05) is 46.0 Å². The largest absolute Gasteiger partial charge is 0.461 e. The van der Waals surface area contributed by atoms with E-state index in [4.69, 9.17) is 9.57 Å². The van der Waals surface area contributed by atoms with Crippen molar-refractivity contribution in [3.05, 3.63) is 36.7 Å². The van der Waals surface area contributed by atoms with Crippen molar-refractivity contribution < 1.29 is 24.3 Å². The van der Waals surface area contributed by atoms with Crippen molar-refractivity contribution in [2.45, 2.75) is 83.8 Å². The molecule has 1 N–H and O–H groups in total. The highest BCUT2D eigenvalue weighted by Gasteiger charge is 2.68. The van der Waals surface area contributed by atoms with Gasteiger partial charge in [-0.05, 0) is 55.9 Å². The van der Waals surface area contributed by atoms with Crippen molar-refractivity contribution in [2.24, 2.45) is 39.2 Å². The Morgan fingerprint density at radius 3 is 2.79 bits per heavy atom. The lowest BCUT2D eigenvalue weighted by Gasteiger charge is -2.61. The van der Waals surface area contributed by atoms with Gasteiger partial charge in [-0.15, -0.1) is 18.3 Å². The molecule has 208 valence electrons. The molecule has 7 nitrogen and oxygen atoms in total. The van der Waals surface area contributed by atoms with Gasteiger partial charge in [0.15, 0.2) is 0 Å². The number of hydrogen-bond donors (Lipinski definition) is 1. The van der Waals surface area contributed by atoms with Gasteiger partial charge in [0.25, 0.3) is 0 Å². The molecule has 3 aliphatic carbocycles. The van der Waals surface area contributed by atoms with Gasteiger partial charge in [0.1, 0.15) is 18.5 Å². The number of ketones is 1. The number of rotatable bonds is 8. The second-order valence-corrected chi connectivity index (χ2v) is 13.0. The fourth-order valence-corrected chi connectivity index (χ4v) is 8.30. The number of pyridine rings is 1. The normalized spacial score (nSPS) is 38.8. The van der Waals surface area contributed by atoms with Gasteiger partial charge in [-0.3, -0.25) is 14.6 Å². The monoisotopic (exact) mass is 542 g/mol. The molecule has 0 amide bonds. The highest BCUT2D eigenvalue weighted by molar-refractivity contribution is 8.00. The van der Waals surface area contributed by atoms with Crippen molar-refractivity contribution in [1.29, 1.82) is 0 Å². The molecule has 0 spiro atoms. The van der Waals surface area contributed by atoms with E-state index >= 15 is 0 Å². The van der Waals surface area contributed by atoms with Crippen molar-refractivity contribution in [1.82, 2.24) is 4.98 Å². The van der Waals surface area contributed by atoms with Crippen LogP contribution in [0.25, 0.3) is 0 Å². The SMILES string of the molecule is C=C[C@]1(C)C[C@@H](OC(=O)CSc2cncc(/C=N/OCC)c2)[C@]2(C)[C@H](C)CC[C@]3(CCC(=O)[C@H]32)[C@@H](C)[C@@H]1O. The Kier molecular flexibility index (Phi) is 8.43. The maximum atomic E-state index is 13.5. The number of ether oxygens (including phenoxy) is 1. The van der Waals surface area contributed by atoms with E-state index in [0.717, 1.165) is 29.7 Å². The summed E-state index contributed by atoms with van der Waals surface area (Å²) in [6.07, 6.45) is 9.23. The van der Waals surface area contributed by atoms with Crippen LogP contribution in [-0.4, -0.2) is 52.6 Å². The Hall–Kier alpha value is -2.19. The fraction of sp³-hybridized carbons (Fsp3) is 0.667. The highest BCUT2D eigenvalue weighted by atomic mass is 32.2. The number of nitrogens with zero attached hydrogens (tertiary/aromatic N) is 2. The summed E-state index contributed by atoms with van der Waals surface area (Å²) in [7, 11) is 0. The minimum absolute atomic E-state index is 0.0491. The van der Waals surface area contributed by atoms with Crippen LogP contribution in [0.5, 0.6) is 0 Å². The van der Waals surface area contributed by atoms with Crippen LogP contribution in [0.1, 0.15) is 72.3 Å². The smallest absolute Gasteiger partial charge is 0.316 e. The molecule has 38 heavy (non-hydrogen) atoms. The Morgan fingerprint density at radius 2 is 2.08 bits per heavy atom. The summed E-state index contributed by atoms with van der Waals surface area (Å²) >= 11 is 1.35. The summed E-state index contributed by atoms with van der Waals surface area (Å²) in [5, 5.41) is 15.5. The first-order chi connectivity index (χ1) is 18.0. The average molecular weight is 543 g/mol. The number of hydrogen-bond acceptors (Lipinski definition) is 8. The first kappa shape index (κ1) is 28.8. The third-order valence-electron chi connectivity index (χ3n) is 10.1. The van der Waals surface area contributed by atoms with E-state index in [0.29, 0.717) is 19.4 Å². The molecule has 2 bridgehead atoms. The number of aliphatic hydroxyl groups is 1. The van der Waals surface area contributed by atoms with Crippen LogP contribution in [-0.2, 0) is 19.2 Å². The summed E-state index contributed by atoms with van der Waals surface area (Å²) in [5.41, 5.74) is -0.655. The zero-order valence-electron chi connectivity index (χ0n) is 23.3. The molecule has 1 heterocycles. The minimum atomic E-state index is -0.672. The van der Waals surface area contributed by atoms with E-state index in [-0.39, 0.29) is 40.7 Å².